The molecule has 0 saturated heterocycles. The first-order valence-electron chi connectivity index (χ1n) is 5.62. The van der Waals surface area contributed by atoms with Gasteiger partial charge in [0.15, 0.2) is 0 Å². The van der Waals surface area contributed by atoms with E-state index in [0.29, 0.717) is 0 Å². The molecular formula is C12H16BrClN2O3PdS-2. The molecule has 0 bridgehead atoms. The minimum absolute atomic E-state index is 0.138. The molecule has 0 saturated carbocycles. The third kappa shape index (κ3) is 8.81. The number of amides is 1. The van der Waals surface area contributed by atoms with Crippen molar-refractivity contribution < 1.29 is 28.2 Å². The van der Waals surface area contributed by atoms with Crippen molar-refractivity contribution in [2.24, 2.45) is 0 Å². The van der Waals surface area contributed by atoms with E-state index in [0.717, 1.165) is 5.56 Å². The van der Waals surface area contributed by atoms with Gasteiger partial charge in [0.25, 0.3) is 0 Å². The van der Waals surface area contributed by atoms with Crippen molar-refractivity contribution in [3.63, 3.8) is 0 Å². The van der Waals surface area contributed by atoms with Crippen molar-refractivity contribution in [2.45, 2.75) is 11.8 Å². The van der Waals surface area contributed by atoms with Crippen LogP contribution in [0.15, 0.2) is 29.2 Å². The van der Waals surface area contributed by atoms with Gasteiger partial charge in [0.2, 0.25) is 0 Å². The molecule has 0 spiro atoms. The topological polar surface area (TPSA) is 68.5 Å². The molecule has 1 aromatic rings. The number of hydrogen-bond donors (Lipinski definition) is 0. The Hall–Kier alpha value is -0.0977. The molecule has 1 rings (SSSR count). The molecule has 1 aromatic carbocycles. The second-order valence-electron chi connectivity index (χ2n) is 4.08. The first-order chi connectivity index (χ1) is 9.74. The zero-order valence-corrected chi connectivity index (χ0v) is 16.4. The molecule has 0 atom stereocenters. The SMILES string of the molecule is Cc1ccc(S(=O)(=O)[N-]C[CH-]C(=O)N(C)C)cc1.[Cl][Pd][Br]. The number of sulfonamides is 1. The van der Waals surface area contributed by atoms with Gasteiger partial charge in [-0.1, -0.05) is 17.7 Å². The number of aryl methyl sites for hydroxylation is 1. The molecule has 5 nitrogen and oxygen atoms in total. The first kappa shape index (κ1) is 20.9. The van der Waals surface area contributed by atoms with Gasteiger partial charge in [0.1, 0.15) is 0 Å². The molecule has 0 fully saturated rings. The predicted octanol–water partition coefficient (Wildman–Crippen LogP) is 2.88. The Morgan fingerprint density at radius 3 is 2.29 bits per heavy atom. The van der Waals surface area contributed by atoms with Gasteiger partial charge in [0.05, 0.1) is 15.9 Å². The predicted molar refractivity (Wildman–Crippen MR) is 84.4 cm³/mol. The fourth-order valence-corrected chi connectivity index (χ4v) is 2.08. The quantitative estimate of drug-likeness (QED) is 0.471. The van der Waals surface area contributed by atoms with Crippen molar-refractivity contribution in [3.8, 4) is 0 Å². The summed E-state index contributed by atoms with van der Waals surface area (Å²) in [5.41, 5.74) is 0.975. The standard InChI is InChI=1S/C12H16N2O3S.BrH.ClH.Pd/c1-10-4-6-11(7-5-10)18(16,17)13-9-8-12(15)14(2)3;;;/h4-8H,9H2,1-3H3;2*1H;/q-2;;;+2/p-2. The van der Waals surface area contributed by atoms with Crippen LogP contribution in [-0.2, 0) is 29.8 Å². The van der Waals surface area contributed by atoms with Crippen LogP contribution in [0.4, 0.5) is 0 Å². The maximum atomic E-state index is 11.8. The molecule has 21 heavy (non-hydrogen) atoms. The van der Waals surface area contributed by atoms with Crippen LogP contribution in [0, 0.1) is 13.3 Å². The first-order valence-corrected chi connectivity index (χ1v) is 12.6. The van der Waals surface area contributed by atoms with Crippen molar-refractivity contribution in [2.75, 3.05) is 20.6 Å². The van der Waals surface area contributed by atoms with Gasteiger partial charge in [-0.05, 0) is 19.1 Å². The van der Waals surface area contributed by atoms with Crippen LogP contribution in [0.3, 0.4) is 0 Å². The Kier molecular flexibility index (Phi) is 10.5. The Morgan fingerprint density at radius 1 is 1.38 bits per heavy atom. The number of carbonyl (C=O) groups excluding carboxylic acids is 1. The van der Waals surface area contributed by atoms with Crippen LogP contribution >= 0.6 is 23.0 Å². The summed E-state index contributed by atoms with van der Waals surface area (Å²) in [7, 11) is 4.47. The van der Waals surface area contributed by atoms with Gasteiger partial charge in [-0.3, -0.25) is 6.54 Å². The summed E-state index contributed by atoms with van der Waals surface area (Å²) in [6.45, 7) is 1.73. The van der Waals surface area contributed by atoms with Crippen LogP contribution in [0.25, 0.3) is 4.72 Å². The molecule has 1 amide bonds. The van der Waals surface area contributed by atoms with E-state index in [9.17, 15) is 13.2 Å². The van der Waals surface area contributed by atoms with E-state index in [1.165, 1.54) is 23.5 Å². The zero-order valence-electron chi connectivity index (χ0n) is 11.7. The maximum absolute atomic E-state index is 11.8. The van der Waals surface area contributed by atoms with Crippen LogP contribution in [0.2, 0.25) is 0 Å². The van der Waals surface area contributed by atoms with E-state index >= 15 is 0 Å². The molecule has 0 aromatic heterocycles. The minimum atomic E-state index is -3.68. The molecule has 124 valence electrons. The van der Waals surface area contributed by atoms with Crippen LogP contribution in [-0.4, -0.2) is 39.9 Å². The second kappa shape index (κ2) is 10.6. The molecular weight excluding hydrogens is 474 g/mol. The van der Waals surface area contributed by atoms with E-state index in [4.69, 9.17) is 9.53 Å². The second-order valence-corrected chi connectivity index (χ2v) is 9.88. The van der Waals surface area contributed by atoms with E-state index < -0.39 is 10.0 Å². The fraction of sp³-hybridized carbons (Fsp3) is 0.333. The summed E-state index contributed by atoms with van der Waals surface area (Å²) in [5, 5.41) is 0. The number of hydrogen-bond acceptors (Lipinski definition) is 3. The number of benzene rings is 1. The summed E-state index contributed by atoms with van der Waals surface area (Å²) in [5.74, 6) is -0.266. The number of rotatable bonds is 5. The van der Waals surface area contributed by atoms with Gasteiger partial charge >= 0.3 is 37.9 Å². The van der Waals surface area contributed by atoms with Crippen LogP contribution in [0.1, 0.15) is 5.56 Å². The summed E-state index contributed by atoms with van der Waals surface area (Å²) in [6, 6.07) is 6.41. The van der Waals surface area contributed by atoms with Gasteiger partial charge in [-0.25, -0.2) is 8.42 Å². The number of halogens is 2. The third-order valence-electron chi connectivity index (χ3n) is 2.27. The average Bonchev–Trinajstić information content (AvgIpc) is 2.39. The molecule has 0 aliphatic rings. The monoisotopic (exact) mass is 488 g/mol. The summed E-state index contributed by atoms with van der Waals surface area (Å²) >= 11 is 3.20. The van der Waals surface area contributed by atoms with Crippen LogP contribution < -0.4 is 0 Å². The van der Waals surface area contributed by atoms with Crippen molar-refractivity contribution in [1.82, 2.24) is 4.90 Å². The molecule has 0 N–H and O–H groups in total. The summed E-state index contributed by atoms with van der Waals surface area (Å²) < 4.78 is 27.1. The molecule has 0 heterocycles. The van der Waals surface area contributed by atoms with Crippen molar-refractivity contribution >= 4 is 38.9 Å². The Morgan fingerprint density at radius 2 is 1.86 bits per heavy atom. The Labute approximate surface area is 144 Å². The van der Waals surface area contributed by atoms with Gasteiger partial charge in [0, 0.05) is 19.0 Å². The normalized spacial score (nSPS) is 10.5. The van der Waals surface area contributed by atoms with E-state index in [1.54, 1.807) is 26.2 Å². The fourth-order valence-electron chi connectivity index (χ4n) is 1.18. The van der Waals surface area contributed by atoms with E-state index in [1.807, 2.05) is 6.92 Å². The Bertz CT molecular complexity index is 538. The van der Waals surface area contributed by atoms with Gasteiger partial charge in [-0.2, -0.15) is 0 Å². The van der Waals surface area contributed by atoms with E-state index in [-0.39, 0.29) is 32.3 Å². The van der Waals surface area contributed by atoms with E-state index in [2.05, 4.69) is 18.2 Å². The van der Waals surface area contributed by atoms with Crippen molar-refractivity contribution in [1.29, 1.82) is 0 Å². The van der Waals surface area contributed by atoms with Gasteiger partial charge in [-0.15, -0.1) is 0 Å². The third-order valence-corrected chi connectivity index (χ3v) is 3.63. The number of carbonyl (C=O) groups is 1. The zero-order chi connectivity index (χ0) is 16.5. The molecule has 0 aliphatic carbocycles. The molecule has 0 unspecified atom stereocenters. The summed E-state index contributed by atoms with van der Waals surface area (Å²) in [6.07, 6.45) is 1.23. The summed E-state index contributed by atoms with van der Waals surface area (Å²) in [4.78, 5) is 12.7. The average molecular weight is 490 g/mol. The Balaban J connectivity index is 0.00000122. The van der Waals surface area contributed by atoms with Crippen LogP contribution in [0.5, 0.6) is 0 Å². The molecule has 9 heteroatoms. The van der Waals surface area contributed by atoms with Crippen molar-refractivity contribution in [3.05, 3.63) is 41.0 Å². The molecule has 0 radical (unpaired) electrons. The molecule has 0 aliphatic heterocycles. The number of nitrogens with zero attached hydrogens (tertiary/aromatic N) is 2. The van der Waals surface area contributed by atoms with Gasteiger partial charge < -0.3 is 20.8 Å².